The van der Waals surface area contributed by atoms with Crippen LogP contribution in [0.15, 0.2) is 24.3 Å². The van der Waals surface area contributed by atoms with Crippen LogP contribution in [0.1, 0.15) is 62.0 Å². The lowest BCUT2D eigenvalue weighted by Gasteiger charge is -2.22. The number of carbonyl (C=O) groups is 2. The SMILES string of the molecule is O=C(O)[C@@H]1CC[C@H](C(=O)NCc2ccc(C3CCCCC3)cc2)N1. The summed E-state index contributed by atoms with van der Waals surface area (Å²) in [6, 6.07) is 7.55. The van der Waals surface area contributed by atoms with E-state index < -0.39 is 18.1 Å². The lowest BCUT2D eigenvalue weighted by molar-refractivity contribution is -0.139. The van der Waals surface area contributed by atoms with Gasteiger partial charge < -0.3 is 10.4 Å². The van der Waals surface area contributed by atoms with Gasteiger partial charge >= 0.3 is 5.97 Å². The fourth-order valence-electron chi connectivity index (χ4n) is 3.80. The van der Waals surface area contributed by atoms with Gasteiger partial charge in [0.1, 0.15) is 6.04 Å². The average Bonchev–Trinajstić information content (AvgIpc) is 3.11. The molecule has 1 amide bonds. The first kappa shape index (κ1) is 17.0. The summed E-state index contributed by atoms with van der Waals surface area (Å²) in [6.45, 7) is 0.486. The van der Waals surface area contributed by atoms with Gasteiger partial charge in [-0.2, -0.15) is 0 Å². The second-order valence-electron chi connectivity index (χ2n) is 6.98. The van der Waals surface area contributed by atoms with Crippen molar-refractivity contribution in [3.63, 3.8) is 0 Å². The number of aliphatic carboxylic acids is 1. The maximum Gasteiger partial charge on any atom is 0.320 e. The molecule has 0 unspecified atom stereocenters. The topological polar surface area (TPSA) is 78.4 Å². The molecule has 3 N–H and O–H groups in total. The Bertz CT molecular complexity index is 579. The summed E-state index contributed by atoms with van der Waals surface area (Å²) < 4.78 is 0. The molecule has 1 aromatic rings. The zero-order valence-corrected chi connectivity index (χ0v) is 14.0. The average molecular weight is 330 g/mol. The van der Waals surface area contributed by atoms with Crippen molar-refractivity contribution in [3.8, 4) is 0 Å². The highest BCUT2D eigenvalue weighted by Gasteiger charge is 2.32. The summed E-state index contributed by atoms with van der Waals surface area (Å²) in [6.07, 6.45) is 7.66. The summed E-state index contributed by atoms with van der Waals surface area (Å²) in [5.74, 6) is -0.309. The molecule has 24 heavy (non-hydrogen) atoms. The van der Waals surface area contributed by atoms with E-state index >= 15 is 0 Å². The molecule has 1 aliphatic heterocycles. The van der Waals surface area contributed by atoms with E-state index in [0.717, 1.165) is 5.56 Å². The number of amides is 1. The maximum absolute atomic E-state index is 12.1. The monoisotopic (exact) mass is 330 g/mol. The van der Waals surface area contributed by atoms with Crippen molar-refractivity contribution >= 4 is 11.9 Å². The summed E-state index contributed by atoms with van der Waals surface area (Å²) in [5, 5.41) is 14.7. The van der Waals surface area contributed by atoms with Gasteiger partial charge in [0.2, 0.25) is 5.91 Å². The van der Waals surface area contributed by atoms with Gasteiger partial charge in [-0.1, -0.05) is 43.5 Å². The molecule has 2 atom stereocenters. The van der Waals surface area contributed by atoms with E-state index in [0.29, 0.717) is 25.3 Å². The molecule has 130 valence electrons. The largest absolute Gasteiger partial charge is 0.480 e. The molecule has 2 fully saturated rings. The summed E-state index contributed by atoms with van der Waals surface area (Å²) in [4.78, 5) is 23.1. The van der Waals surface area contributed by atoms with Crippen LogP contribution >= 0.6 is 0 Å². The highest BCUT2D eigenvalue weighted by molar-refractivity contribution is 5.84. The Morgan fingerprint density at radius 3 is 2.29 bits per heavy atom. The van der Waals surface area contributed by atoms with Crippen LogP contribution in [-0.2, 0) is 16.1 Å². The minimum Gasteiger partial charge on any atom is -0.480 e. The van der Waals surface area contributed by atoms with Crippen molar-refractivity contribution in [1.29, 1.82) is 0 Å². The van der Waals surface area contributed by atoms with Crippen LogP contribution in [0.3, 0.4) is 0 Å². The standard InChI is InChI=1S/C19H26N2O3/c22-18(16-10-11-17(21-16)19(23)24)20-12-13-6-8-15(9-7-13)14-4-2-1-3-5-14/h6-9,14,16-17,21H,1-5,10-12H2,(H,20,22)(H,23,24)/t16-,17+/m1/s1. The highest BCUT2D eigenvalue weighted by Crippen LogP contribution is 2.32. The molecular formula is C19H26N2O3. The molecule has 3 rings (SSSR count). The van der Waals surface area contributed by atoms with Gasteiger partial charge in [-0.25, -0.2) is 0 Å². The van der Waals surface area contributed by atoms with Crippen molar-refractivity contribution in [3.05, 3.63) is 35.4 Å². The number of nitrogens with one attached hydrogen (secondary N) is 2. The molecule has 1 heterocycles. The molecule has 0 radical (unpaired) electrons. The van der Waals surface area contributed by atoms with Crippen LogP contribution in [0.2, 0.25) is 0 Å². The zero-order valence-electron chi connectivity index (χ0n) is 14.0. The lowest BCUT2D eigenvalue weighted by Crippen LogP contribution is -2.44. The van der Waals surface area contributed by atoms with Gasteiger partial charge in [0.05, 0.1) is 6.04 Å². The molecule has 1 aliphatic carbocycles. The van der Waals surface area contributed by atoms with Gasteiger partial charge in [0.25, 0.3) is 0 Å². The first-order valence-corrected chi connectivity index (χ1v) is 8.99. The minimum atomic E-state index is -0.886. The van der Waals surface area contributed by atoms with Crippen molar-refractivity contribution in [2.75, 3.05) is 0 Å². The quantitative estimate of drug-likeness (QED) is 0.775. The first-order chi connectivity index (χ1) is 11.6. The minimum absolute atomic E-state index is 0.116. The lowest BCUT2D eigenvalue weighted by atomic mass is 9.84. The number of carboxylic acids is 1. The number of carboxylic acid groups (broad SMARTS) is 1. The van der Waals surface area contributed by atoms with Crippen LogP contribution in [0, 0.1) is 0 Å². The fraction of sp³-hybridized carbons (Fsp3) is 0.579. The van der Waals surface area contributed by atoms with Crippen LogP contribution in [0.25, 0.3) is 0 Å². The molecule has 5 heteroatoms. The second-order valence-corrected chi connectivity index (χ2v) is 6.98. The Labute approximate surface area is 142 Å². The second kappa shape index (κ2) is 7.79. The van der Waals surface area contributed by atoms with E-state index in [-0.39, 0.29) is 5.91 Å². The Hall–Kier alpha value is -1.88. The van der Waals surface area contributed by atoms with E-state index in [1.807, 2.05) is 0 Å². The Morgan fingerprint density at radius 2 is 1.67 bits per heavy atom. The molecule has 0 bridgehead atoms. The first-order valence-electron chi connectivity index (χ1n) is 8.99. The number of rotatable bonds is 5. The Kier molecular flexibility index (Phi) is 5.51. The van der Waals surface area contributed by atoms with Crippen molar-refractivity contribution < 1.29 is 14.7 Å². The van der Waals surface area contributed by atoms with Gasteiger partial charge in [0.15, 0.2) is 0 Å². The van der Waals surface area contributed by atoms with E-state index in [1.165, 1.54) is 37.7 Å². The van der Waals surface area contributed by atoms with Crippen molar-refractivity contribution in [2.45, 2.75) is 69.5 Å². The number of benzene rings is 1. The predicted molar refractivity (Wildman–Crippen MR) is 91.7 cm³/mol. The van der Waals surface area contributed by atoms with Crippen LogP contribution in [0.4, 0.5) is 0 Å². The van der Waals surface area contributed by atoms with E-state index in [9.17, 15) is 9.59 Å². The molecule has 0 aromatic heterocycles. The molecule has 2 aliphatic rings. The van der Waals surface area contributed by atoms with Gasteiger partial charge in [-0.05, 0) is 42.7 Å². The molecular weight excluding hydrogens is 304 g/mol. The molecule has 1 aromatic carbocycles. The smallest absolute Gasteiger partial charge is 0.320 e. The maximum atomic E-state index is 12.1. The van der Waals surface area contributed by atoms with E-state index in [4.69, 9.17) is 5.11 Å². The molecule has 1 saturated carbocycles. The van der Waals surface area contributed by atoms with Crippen molar-refractivity contribution in [2.24, 2.45) is 0 Å². The summed E-state index contributed by atoms with van der Waals surface area (Å²) in [5.41, 5.74) is 2.49. The van der Waals surface area contributed by atoms with Gasteiger partial charge in [0, 0.05) is 6.54 Å². The predicted octanol–water partition coefficient (Wildman–Crippen LogP) is 2.56. The third kappa shape index (κ3) is 4.15. The van der Waals surface area contributed by atoms with Gasteiger partial charge in [-0.3, -0.25) is 14.9 Å². The number of hydrogen-bond acceptors (Lipinski definition) is 3. The molecule has 0 spiro atoms. The van der Waals surface area contributed by atoms with Gasteiger partial charge in [-0.15, -0.1) is 0 Å². The number of hydrogen-bond donors (Lipinski definition) is 3. The number of carbonyl (C=O) groups excluding carboxylic acids is 1. The fourth-order valence-corrected chi connectivity index (χ4v) is 3.80. The Balaban J connectivity index is 1.48. The highest BCUT2D eigenvalue weighted by atomic mass is 16.4. The van der Waals surface area contributed by atoms with E-state index in [2.05, 4.69) is 34.9 Å². The zero-order chi connectivity index (χ0) is 16.9. The van der Waals surface area contributed by atoms with Crippen LogP contribution < -0.4 is 10.6 Å². The normalized spacial score (nSPS) is 24.7. The van der Waals surface area contributed by atoms with Crippen LogP contribution in [-0.4, -0.2) is 29.1 Å². The van der Waals surface area contributed by atoms with E-state index in [1.54, 1.807) is 0 Å². The summed E-state index contributed by atoms with van der Waals surface area (Å²) >= 11 is 0. The van der Waals surface area contributed by atoms with Crippen LogP contribution in [0.5, 0.6) is 0 Å². The summed E-state index contributed by atoms with van der Waals surface area (Å²) in [7, 11) is 0. The molecule has 1 saturated heterocycles. The Morgan fingerprint density at radius 1 is 1.00 bits per heavy atom. The molecule has 5 nitrogen and oxygen atoms in total. The third-order valence-corrected chi connectivity index (χ3v) is 5.28. The van der Waals surface area contributed by atoms with Crippen molar-refractivity contribution in [1.82, 2.24) is 10.6 Å². The third-order valence-electron chi connectivity index (χ3n) is 5.28.